The van der Waals surface area contributed by atoms with E-state index in [1.54, 1.807) is 18.5 Å². The molecule has 1 atom stereocenters. The summed E-state index contributed by atoms with van der Waals surface area (Å²) >= 11 is 0. The fraction of sp³-hybridized carbons (Fsp3) is 0.250. The molecule has 2 aromatic heterocycles. The van der Waals surface area contributed by atoms with Gasteiger partial charge in [-0.05, 0) is 13.0 Å². The van der Waals surface area contributed by atoms with Crippen LogP contribution in [0.25, 0.3) is 5.95 Å². The molecule has 0 unspecified atom stereocenters. The summed E-state index contributed by atoms with van der Waals surface area (Å²) in [6, 6.07) is 1.55. The van der Waals surface area contributed by atoms with Gasteiger partial charge >= 0.3 is 0 Å². The van der Waals surface area contributed by atoms with Crippen LogP contribution in [-0.4, -0.2) is 24.7 Å². The van der Waals surface area contributed by atoms with Crippen LogP contribution in [-0.2, 0) is 0 Å². The van der Waals surface area contributed by atoms with Crippen molar-refractivity contribution in [2.75, 3.05) is 0 Å². The van der Waals surface area contributed by atoms with E-state index in [-0.39, 0.29) is 6.04 Å². The maximum Gasteiger partial charge on any atom is 0.252 e. The van der Waals surface area contributed by atoms with E-state index in [1.165, 1.54) is 11.0 Å². The second-order valence-electron chi connectivity index (χ2n) is 2.87. The van der Waals surface area contributed by atoms with Crippen LogP contribution in [0.3, 0.4) is 0 Å². The monoisotopic (exact) mass is 190 g/mol. The first kappa shape index (κ1) is 8.76. The van der Waals surface area contributed by atoms with Crippen molar-refractivity contribution in [1.29, 1.82) is 0 Å². The number of rotatable bonds is 2. The normalized spacial score (nSPS) is 12.7. The third kappa shape index (κ3) is 1.47. The van der Waals surface area contributed by atoms with Gasteiger partial charge in [-0.15, -0.1) is 0 Å². The molecular weight excluding hydrogens is 180 g/mol. The topological polar surface area (TPSA) is 82.5 Å². The van der Waals surface area contributed by atoms with E-state index >= 15 is 0 Å². The second-order valence-corrected chi connectivity index (χ2v) is 2.87. The van der Waals surface area contributed by atoms with Crippen LogP contribution in [0, 0.1) is 0 Å². The highest BCUT2D eigenvalue weighted by Crippen LogP contribution is 2.07. The third-order valence-corrected chi connectivity index (χ3v) is 1.72. The molecule has 6 heteroatoms. The van der Waals surface area contributed by atoms with Crippen LogP contribution in [0.4, 0.5) is 0 Å². The number of hydrogen-bond acceptors (Lipinski definition) is 5. The Morgan fingerprint density at radius 2 is 2.00 bits per heavy atom. The first-order chi connectivity index (χ1) is 6.79. The Bertz CT molecular complexity index is 407. The van der Waals surface area contributed by atoms with Crippen LogP contribution in [0.2, 0.25) is 0 Å². The molecule has 0 saturated heterocycles. The molecule has 0 fully saturated rings. The molecule has 14 heavy (non-hydrogen) atoms. The van der Waals surface area contributed by atoms with Gasteiger partial charge in [0.2, 0.25) is 0 Å². The van der Waals surface area contributed by atoms with Crippen molar-refractivity contribution in [3.8, 4) is 5.95 Å². The average molecular weight is 190 g/mol. The van der Waals surface area contributed by atoms with Gasteiger partial charge in [0.05, 0.1) is 6.04 Å². The van der Waals surface area contributed by atoms with Crippen molar-refractivity contribution >= 4 is 0 Å². The van der Waals surface area contributed by atoms with E-state index in [0.717, 1.165) is 0 Å². The van der Waals surface area contributed by atoms with Crippen LogP contribution < -0.4 is 5.73 Å². The Labute approximate surface area is 80.8 Å². The summed E-state index contributed by atoms with van der Waals surface area (Å²) in [5.41, 5.74) is 5.72. The molecule has 0 spiro atoms. The van der Waals surface area contributed by atoms with Gasteiger partial charge in [-0.2, -0.15) is 9.78 Å². The lowest BCUT2D eigenvalue weighted by Crippen LogP contribution is -2.14. The van der Waals surface area contributed by atoms with Crippen LogP contribution in [0.1, 0.15) is 18.8 Å². The molecule has 0 radical (unpaired) electrons. The van der Waals surface area contributed by atoms with Crippen molar-refractivity contribution in [1.82, 2.24) is 24.7 Å². The van der Waals surface area contributed by atoms with Crippen LogP contribution in [0.5, 0.6) is 0 Å². The SMILES string of the molecule is C[C@H](N)c1ncnn1-c1ncccn1. The third-order valence-electron chi connectivity index (χ3n) is 1.72. The summed E-state index contributed by atoms with van der Waals surface area (Å²) in [4.78, 5) is 12.2. The van der Waals surface area contributed by atoms with Crippen LogP contribution >= 0.6 is 0 Å². The zero-order valence-corrected chi connectivity index (χ0v) is 7.70. The summed E-state index contributed by atoms with van der Waals surface area (Å²) in [5.74, 6) is 1.13. The molecule has 72 valence electrons. The van der Waals surface area contributed by atoms with Gasteiger partial charge in [0.1, 0.15) is 6.33 Å². The standard InChI is InChI=1S/C8H10N6/c1-6(9)7-12-5-13-14(7)8-10-3-2-4-11-8/h2-6H,9H2,1H3/t6-/m0/s1. The first-order valence-electron chi connectivity index (χ1n) is 4.22. The number of nitrogens with two attached hydrogens (primary N) is 1. The molecule has 0 aliphatic heterocycles. The summed E-state index contributed by atoms with van der Waals surface area (Å²) in [7, 11) is 0. The fourth-order valence-electron chi connectivity index (χ4n) is 1.12. The van der Waals surface area contributed by atoms with Gasteiger partial charge in [-0.1, -0.05) is 0 Å². The minimum absolute atomic E-state index is 0.193. The van der Waals surface area contributed by atoms with Gasteiger partial charge in [-0.25, -0.2) is 15.0 Å². The van der Waals surface area contributed by atoms with Gasteiger partial charge < -0.3 is 5.73 Å². The average Bonchev–Trinajstić information content (AvgIpc) is 2.67. The lowest BCUT2D eigenvalue weighted by Gasteiger charge is -2.05. The Kier molecular flexibility index (Phi) is 2.19. The predicted molar refractivity (Wildman–Crippen MR) is 49.6 cm³/mol. The molecule has 0 aliphatic rings. The Hall–Kier alpha value is -1.82. The van der Waals surface area contributed by atoms with Crippen molar-refractivity contribution in [2.45, 2.75) is 13.0 Å². The largest absolute Gasteiger partial charge is 0.322 e. The zero-order valence-electron chi connectivity index (χ0n) is 7.70. The second kappa shape index (κ2) is 3.51. The quantitative estimate of drug-likeness (QED) is 0.725. The Balaban J connectivity index is 2.47. The summed E-state index contributed by atoms with van der Waals surface area (Å²) in [6.45, 7) is 1.84. The molecule has 0 aliphatic carbocycles. The molecular formula is C8H10N6. The molecule has 0 saturated carbocycles. The Morgan fingerprint density at radius 1 is 1.29 bits per heavy atom. The zero-order chi connectivity index (χ0) is 9.97. The highest BCUT2D eigenvalue weighted by atomic mass is 15.4. The molecule has 2 heterocycles. The molecule has 2 rings (SSSR count). The van der Waals surface area contributed by atoms with Crippen LogP contribution in [0.15, 0.2) is 24.8 Å². The molecule has 6 nitrogen and oxygen atoms in total. The Morgan fingerprint density at radius 3 is 2.64 bits per heavy atom. The van der Waals surface area contributed by atoms with E-state index in [2.05, 4.69) is 20.1 Å². The van der Waals surface area contributed by atoms with Gasteiger partial charge in [0, 0.05) is 12.4 Å². The maximum absolute atomic E-state index is 5.72. The van der Waals surface area contributed by atoms with E-state index in [9.17, 15) is 0 Å². The van der Waals surface area contributed by atoms with Gasteiger partial charge in [-0.3, -0.25) is 0 Å². The lowest BCUT2D eigenvalue weighted by atomic mass is 10.3. The lowest BCUT2D eigenvalue weighted by molar-refractivity contribution is 0.669. The highest BCUT2D eigenvalue weighted by Gasteiger charge is 2.11. The van der Waals surface area contributed by atoms with Crippen molar-refractivity contribution in [2.24, 2.45) is 5.73 Å². The van der Waals surface area contributed by atoms with E-state index < -0.39 is 0 Å². The van der Waals surface area contributed by atoms with Crippen molar-refractivity contribution in [3.05, 3.63) is 30.6 Å². The van der Waals surface area contributed by atoms with Crippen molar-refractivity contribution < 1.29 is 0 Å². The van der Waals surface area contributed by atoms with E-state index in [1.807, 2.05) is 6.92 Å². The summed E-state index contributed by atoms with van der Waals surface area (Å²) in [6.07, 6.45) is 4.74. The molecule has 2 N–H and O–H groups in total. The number of aromatic nitrogens is 5. The summed E-state index contributed by atoms with van der Waals surface area (Å²) in [5, 5.41) is 4.01. The van der Waals surface area contributed by atoms with Gasteiger partial charge in [0.25, 0.3) is 5.95 Å². The molecule has 0 amide bonds. The smallest absolute Gasteiger partial charge is 0.252 e. The molecule has 2 aromatic rings. The summed E-state index contributed by atoms with van der Waals surface area (Å²) < 4.78 is 1.53. The van der Waals surface area contributed by atoms with E-state index in [0.29, 0.717) is 11.8 Å². The fourth-order valence-corrected chi connectivity index (χ4v) is 1.12. The highest BCUT2D eigenvalue weighted by molar-refractivity contribution is 5.11. The maximum atomic E-state index is 5.72. The number of nitrogens with zero attached hydrogens (tertiary/aromatic N) is 5. The molecule has 0 bridgehead atoms. The van der Waals surface area contributed by atoms with E-state index in [4.69, 9.17) is 5.73 Å². The minimum Gasteiger partial charge on any atom is -0.322 e. The predicted octanol–water partition coefficient (Wildman–Crippen LogP) is 0.0770. The first-order valence-corrected chi connectivity index (χ1v) is 4.22. The van der Waals surface area contributed by atoms with Crippen molar-refractivity contribution in [3.63, 3.8) is 0 Å². The van der Waals surface area contributed by atoms with Gasteiger partial charge in [0.15, 0.2) is 5.82 Å². The number of hydrogen-bond donors (Lipinski definition) is 1. The molecule has 0 aromatic carbocycles. The minimum atomic E-state index is -0.193.